The molecule has 4 aliphatic rings. The van der Waals surface area contributed by atoms with E-state index in [4.69, 9.17) is 14.2 Å². The van der Waals surface area contributed by atoms with Gasteiger partial charge in [-0.2, -0.15) is 0 Å². The molecule has 34 heavy (non-hydrogen) atoms. The van der Waals surface area contributed by atoms with E-state index in [1.165, 1.54) is 11.1 Å². The fourth-order valence-electron chi connectivity index (χ4n) is 5.55. The minimum absolute atomic E-state index is 0. The number of esters is 2. The van der Waals surface area contributed by atoms with Gasteiger partial charge in [0.05, 0.1) is 23.8 Å². The highest BCUT2D eigenvalue weighted by Crippen LogP contribution is 2.31. The molecule has 180 valence electrons. The van der Waals surface area contributed by atoms with Gasteiger partial charge in [0.1, 0.15) is 13.2 Å². The molecular formula is C26H29ClN2O5. The lowest BCUT2D eigenvalue weighted by Crippen LogP contribution is -2.58. The highest BCUT2D eigenvalue weighted by Gasteiger charge is 2.35. The Labute approximate surface area is 205 Å². The minimum Gasteiger partial charge on any atom is -0.457 e. The van der Waals surface area contributed by atoms with Crippen molar-refractivity contribution in [2.45, 2.75) is 38.7 Å². The molecule has 2 aromatic rings. The minimum atomic E-state index is -0.228. The Morgan fingerprint density at radius 1 is 0.971 bits per heavy atom. The summed E-state index contributed by atoms with van der Waals surface area (Å²) < 4.78 is 16.6. The Bertz CT molecular complexity index is 1140. The van der Waals surface area contributed by atoms with Gasteiger partial charge in [-0.25, -0.2) is 9.59 Å². The lowest BCUT2D eigenvalue weighted by molar-refractivity contribution is -0.0901. The number of ether oxygens (including phenoxy) is 3. The first-order valence-corrected chi connectivity index (χ1v) is 11.7. The van der Waals surface area contributed by atoms with Crippen molar-refractivity contribution >= 4 is 24.3 Å². The van der Waals surface area contributed by atoms with Crippen molar-refractivity contribution in [3.8, 4) is 0 Å². The van der Waals surface area contributed by atoms with Crippen molar-refractivity contribution < 1.29 is 23.8 Å². The zero-order chi connectivity index (χ0) is 22.5. The molecule has 0 spiro atoms. The molecule has 2 aromatic carbocycles. The molecule has 0 N–H and O–H groups in total. The van der Waals surface area contributed by atoms with Gasteiger partial charge in [-0.1, -0.05) is 12.1 Å². The van der Waals surface area contributed by atoms with E-state index in [0.717, 1.165) is 61.4 Å². The number of carbonyl (C=O) groups excluding carboxylic acids is 2. The van der Waals surface area contributed by atoms with Gasteiger partial charge in [-0.3, -0.25) is 4.90 Å². The van der Waals surface area contributed by atoms with Crippen LogP contribution in [0.1, 0.15) is 54.6 Å². The monoisotopic (exact) mass is 484 g/mol. The highest BCUT2D eigenvalue weighted by atomic mass is 35.5. The second-order valence-corrected chi connectivity index (χ2v) is 9.47. The van der Waals surface area contributed by atoms with Gasteiger partial charge in [0.2, 0.25) is 0 Å². The van der Waals surface area contributed by atoms with Crippen LogP contribution in [0.3, 0.4) is 0 Å². The zero-order valence-corrected chi connectivity index (χ0v) is 20.1. The molecule has 0 amide bonds. The van der Waals surface area contributed by atoms with E-state index in [9.17, 15) is 9.59 Å². The van der Waals surface area contributed by atoms with Crippen LogP contribution in [0.4, 0.5) is 0 Å². The van der Waals surface area contributed by atoms with Crippen LogP contribution in [-0.2, 0) is 33.8 Å². The van der Waals surface area contributed by atoms with Gasteiger partial charge in [0.25, 0.3) is 0 Å². The molecular weight excluding hydrogens is 456 g/mol. The second kappa shape index (κ2) is 9.30. The summed E-state index contributed by atoms with van der Waals surface area (Å²) in [6.45, 7) is 8.54. The molecule has 7 nitrogen and oxygen atoms in total. The normalized spacial score (nSPS) is 24.0. The molecule has 0 bridgehead atoms. The maximum atomic E-state index is 11.8. The van der Waals surface area contributed by atoms with Gasteiger partial charge in [-0.05, 0) is 48.2 Å². The number of nitrogens with zero attached hydrogens (tertiary/aromatic N) is 2. The van der Waals surface area contributed by atoms with Crippen molar-refractivity contribution in [2.75, 3.05) is 39.3 Å². The first kappa shape index (κ1) is 23.3. The molecule has 0 aromatic heterocycles. The Morgan fingerprint density at radius 2 is 1.76 bits per heavy atom. The first-order valence-electron chi connectivity index (χ1n) is 11.7. The average molecular weight is 485 g/mol. The molecule has 8 heteroatoms. The van der Waals surface area contributed by atoms with Crippen LogP contribution in [0.5, 0.6) is 0 Å². The van der Waals surface area contributed by atoms with Gasteiger partial charge >= 0.3 is 11.9 Å². The van der Waals surface area contributed by atoms with Crippen molar-refractivity contribution in [1.82, 2.24) is 9.80 Å². The van der Waals surface area contributed by atoms with Crippen LogP contribution < -0.4 is 0 Å². The van der Waals surface area contributed by atoms with E-state index in [1.54, 1.807) is 0 Å². The average Bonchev–Trinajstić information content (AvgIpc) is 3.41. The summed E-state index contributed by atoms with van der Waals surface area (Å²) in [6, 6.07) is 10.3. The third-order valence-corrected chi connectivity index (χ3v) is 7.63. The number of hydrogen-bond acceptors (Lipinski definition) is 7. The molecule has 2 atom stereocenters. The predicted octanol–water partition coefficient (Wildman–Crippen LogP) is 3.06. The molecule has 6 rings (SSSR count). The summed E-state index contributed by atoms with van der Waals surface area (Å²) in [4.78, 5) is 28.6. The summed E-state index contributed by atoms with van der Waals surface area (Å²) in [5.74, 6) is -0.428. The van der Waals surface area contributed by atoms with Crippen LogP contribution in [0.25, 0.3) is 0 Å². The molecule has 2 fully saturated rings. The summed E-state index contributed by atoms with van der Waals surface area (Å²) in [7, 11) is 0. The highest BCUT2D eigenvalue weighted by molar-refractivity contribution is 5.94. The van der Waals surface area contributed by atoms with E-state index in [-0.39, 0.29) is 30.4 Å². The number of carbonyl (C=O) groups is 2. The van der Waals surface area contributed by atoms with Crippen LogP contribution in [0.2, 0.25) is 0 Å². The molecule has 4 aliphatic heterocycles. The number of piperazine rings is 1. The van der Waals surface area contributed by atoms with Gasteiger partial charge in [0, 0.05) is 49.9 Å². The fraction of sp³-hybridized carbons (Fsp3) is 0.462. The molecule has 2 saturated heterocycles. The van der Waals surface area contributed by atoms with Crippen molar-refractivity contribution in [3.05, 3.63) is 69.3 Å². The maximum absolute atomic E-state index is 11.8. The van der Waals surface area contributed by atoms with Crippen molar-refractivity contribution in [3.63, 3.8) is 0 Å². The molecule has 0 unspecified atom stereocenters. The number of hydrogen-bond donors (Lipinski definition) is 0. The molecule has 0 saturated carbocycles. The van der Waals surface area contributed by atoms with E-state index < -0.39 is 0 Å². The Kier molecular flexibility index (Phi) is 6.37. The lowest BCUT2D eigenvalue weighted by Gasteiger charge is -2.46. The van der Waals surface area contributed by atoms with Gasteiger partial charge in [-0.15, -0.1) is 12.4 Å². The maximum Gasteiger partial charge on any atom is 0.338 e. The topological polar surface area (TPSA) is 68.3 Å². The summed E-state index contributed by atoms with van der Waals surface area (Å²) in [6.07, 6.45) is 1.01. The third-order valence-electron chi connectivity index (χ3n) is 7.63. The van der Waals surface area contributed by atoms with E-state index >= 15 is 0 Å². The van der Waals surface area contributed by atoms with Crippen LogP contribution in [0, 0.1) is 6.92 Å². The number of benzene rings is 2. The summed E-state index contributed by atoms with van der Waals surface area (Å²) >= 11 is 0. The lowest BCUT2D eigenvalue weighted by atomic mass is 9.96. The number of fused-ring (bicyclic) bond motifs is 3. The van der Waals surface area contributed by atoms with E-state index in [2.05, 4.69) is 28.9 Å². The Morgan fingerprint density at radius 3 is 2.65 bits per heavy atom. The first-order chi connectivity index (χ1) is 16.1. The molecule has 0 aliphatic carbocycles. The Hall–Kier alpha value is -2.45. The number of cyclic esters (lactones) is 2. The van der Waals surface area contributed by atoms with Gasteiger partial charge in [0.15, 0.2) is 0 Å². The zero-order valence-electron chi connectivity index (χ0n) is 19.2. The van der Waals surface area contributed by atoms with Crippen LogP contribution >= 0.6 is 12.4 Å². The van der Waals surface area contributed by atoms with Gasteiger partial charge < -0.3 is 19.1 Å². The van der Waals surface area contributed by atoms with Crippen molar-refractivity contribution in [1.29, 1.82) is 0 Å². The number of morpholine rings is 1. The summed E-state index contributed by atoms with van der Waals surface area (Å²) in [5, 5.41) is 0. The Balaban J connectivity index is 0.00000241. The smallest absolute Gasteiger partial charge is 0.338 e. The van der Waals surface area contributed by atoms with Crippen LogP contribution in [0.15, 0.2) is 30.3 Å². The quantitative estimate of drug-likeness (QED) is 0.618. The second-order valence-electron chi connectivity index (χ2n) is 9.47. The van der Waals surface area contributed by atoms with E-state index in [0.29, 0.717) is 31.4 Å². The largest absolute Gasteiger partial charge is 0.457 e. The predicted molar refractivity (Wildman–Crippen MR) is 127 cm³/mol. The standard InChI is InChI=1S/C26H28N2O5.ClH/c1-16-17(2-5-22-23(16)15-33-26(22)30)6-7-27-8-9-28-12-24(31-14-20(28)11-27)18-3-4-21-19(10-18)13-32-25(21)29;/h2-5,10,20,24H,6-9,11-15H2,1H3;1H/t20-,24-;/m0./s1. The number of rotatable bonds is 4. The SMILES string of the molecule is Cc1c(CCN2CCN3C[C@@H](c4ccc5c(c4)COC5=O)OC[C@@H]3C2)ccc2c1COC2=O.Cl. The van der Waals surface area contributed by atoms with E-state index in [1.807, 2.05) is 18.2 Å². The van der Waals surface area contributed by atoms with Crippen molar-refractivity contribution in [2.24, 2.45) is 0 Å². The molecule has 4 heterocycles. The summed E-state index contributed by atoms with van der Waals surface area (Å²) in [5.41, 5.74) is 7.04. The van der Waals surface area contributed by atoms with Crippen LogP contribution in [-0.4, -0.2) is 67.1 Å². The third kappa shape index (κ3) is 4.11. The fourth-order valence-corrected chi connectivity index (χ4v) is 5.55. The number of halogens is 1. The molecule has 0 radical (unpaired) electrons.